The highest BCUT2D eigenvalue weighted by atomic mass is 17.1. The molecule has 2 rings (SSSR count). The zero-order valence-corrected chi connectivity index (χ0v) is 10.1. The summed E-state index contributed by atoms with van der Waals surface area (Å²) in [4.78, 5) is 4.00. The molecule has 0 amide bonds. The minimum absolute atomic E-state index is 0.317. The van der Waals surface area contributed by atoms with Crippen molar-refractivity contribution in [3.63, 3.8) is 0 Å². The topological polar surface area (TPSA) is 29.5 Å². The Kier molecular flexibility index (Phi) is 3.44. The quantitative estimate of drug-likeness (QED) is 0.648. The van der Waals surface area contributed by atoms with Crippen LogP contribution in [0.3, 0.4) is 0 Å². The van der Waals surface area contributed by atoms with Gasteiger partial charge in [-0.05, 0) is 29.2 Å². The fraction of sp³-hybridized carbons (Fsp3) is 0.125. The molecule has 2 nitrogen and oxygen atoms in total. The second-order valence-corrected chi connectivity index (χ2v) is 3.93. The molecule has 2 aromatic rings. The van der Waals surface area contributed by atoms with Crippen LogP contribution in [0.1, 0.15) is 20.8 Å². The molecule has 0 aliphatic carbocycles. The van der Waals surface area contributed by atoms with Gasteiger partial charge in [-0.3, -0.25) is 5.26 Å². The molecule has 0 aromatic heterocycles. The molecule has 1 N–H and O–H groups in total. The van der Waals surface area contributed by atoms with Crippen LogP contribution in [-0.2, 0) is 4.89 Å². The molecule has 18 heavy (non-hydrogen) atoms. The van der Waals surface area contributed by atoms with E-state index < -0.39 is 6.56 Å². The zero-order valence-electron chi connectivity index (χ0n) is 12.1. The fourth-order valence-electron chi connectivity index (χ4n) is 1.93. The summed E-state index contributed by atoms with van der Waals surface area (Å²) < 4.78 is 15.5. The molecule has 0 aliphatic heterocycles. The smallest absolute Gasteiger partial charge is 0.104 e. The van der Waals surface area contributed by atoms with E-state index in [1.807, 2.05) is 60.7 Å². The lowest BCUT2D eigenvalue weighted by atomic mass is 9.94. The first-order valence-corrected chi connectivity index (χ1v) is 5.71. The van der Waals surface area contributed by atoms with E-state index in [2.05, 4.69) is 4.89 Å². The van der Waals surface area contributed by atoms with Crippen LogP contribution in [0, 0.1) is 0 Å². The van der Waals surface area contributed by atoms with Gasteiger partial charge in [0, 0.05) is 0 Å². The lowest BCUT2D eigenvalue weighted by molar-refractivity contribution is -0.233. The highest BCUT2D eigenvalue weighted by Gasteiger charge is 2.08. The van der Waals surface area contributed by atoms with Gasteiger partial charge in [0.25, 0.3) is 0 Å². The van der Waals surface area contributed by atoms with Crippen molar-refractivity contribution in [1.82, 2.24) is 0 Å². The van der Waals surface area contributed by atoms with Gasteiger partial charge in [-0.25, -0.2) is 4.89 Å². The third-order valence-corrected chi connectivity index (χ3v) is 2.70. The molecule has 0 aliphatic rings. The average Bonchev–Trinajstić information content (AvgIpc) is 2.49. The molecular weight excluding hydrogens is 224 g/mol. The maximum absolute atomic E-state index is 8.80. The molecule has 0 fully saturated rings. The lowest BCUT2D eigenvalue weighted by Crippen LogP contribution is -1.98. The Bertz CT molecular complexity index is 551. The molecule has 0 spiro atoms. The van der Waals surface area contributed by atoms with Crippen LogP contribution >= 0.6 is 0 Å². The summed E-state index contributed by atoms with van der Waals surface area (Å²) in [6.45, 7) is -0.618. The molecule has 2 aromatic carbocycles. The van der Waals surface area contributed by atoms with Crippen molar-refractivity contribution >= 4 is 5.57 Å². The third-order valence-electron chi connectivity index (χ3n) is 2.70. The molecule has 92 valence electrons. The average molecular weight is 242 g/mol. The van der Waals surface area contributed by atoms with Crippen LogP contribution in [0.5, 0.6) is 0 Å². The number of benzene rings is 2. The van der Waals surface area contributed by atoms with E-state index in [9.17, 15) is 0 Å². The number of hydrogen-bond acceptors (Lipinski definition) is 2. The van der Waals surface area contributed by atoms with Crippen LogP contribution < -0.4 is 0 Å². The van der Waals surface area contributed by atoms with Gasteiger partial charge in [-0.15, -0.1) is 0 Å². The first kappa shape index (κ1) is 10.1. The maximum atomic E-state index is 8.80. The minimum Gasteiger partial charge on any atom is -0.251 e. The molecule has 0 saturated heterocycles. The predicted octanol–water partition coefficient (Wildman–Crippen LogP) is 4.00. The van der Waals surface area contributed by atoms with Gasteiger partial charge in [0.15, 0.2) is 0 Å². The summed E-state index contributed by atoms with van der Waals surface area (Å²) in [5.74, 6) is 0. The Morgan fingerprint density at radius 1 is 1.00 bits per heavy atom. The van der Waals surface area contributed by atoms with Gasteiger partial charge in [0.05, 0.1) is 2.74 Å². The van der Waals surface area contributed by atoms with Crippen LogP contribution in [0.4, 0.5) is 0 Å². The van der Waals surface area contributed by atoms with Gasteiger partial charge in [-0.1, -0.05) is 60.7 Å². The van der Waals surface area contributed by atoms with E-state index in [1.165, 1.54) is 0 Å². The van der Waals surface area contributed by atoms with Crippen molar-refractivity contribution in [1.29, 1.82) is 0 Å². The number of rotatable bonds is 4. The summed E-state index contributed by atoms with van der Waals surface area (Å²) in [5.41, 5.74) is 2.77. The molecule has 0 saturated carbocycles. The minimum atomic E-state index is -2.24. The standard InChI is InChI=1S/C16H16O2/c1-13(12-18-17)16(14-8-4-2-5-9-14)15-10-6-3-7-11-15/h2-11,17H,12H2,1H3/i12D2. The SMILES string of the molecule is [2H]C([2H])(OO)C(C)=C(c1ccccc1)c1ccccc1. The molecule has 0 heterocycles. The van der Waals surface area contributed by atoms with Crippen molar-refractivity contribution in [2.75, 3.05) is 6.56 Å². The van der Waals surface area contributed by atoms with Crippen molar-refractivity contribution in [3.05, 3.63) is 77.4 Å². The summed E-state index contributed by atoms with van der Waals surface area (Å²) >= 11 is 0. The predicted molar refractivity (Wildman–Crippen MR) is 73.2 cm³/mol. The van der Waals surface area contributed by atoms with Crippen molar-refractivity contribution < 1.29 is 12.9 Å². The summed E-state index contributed by atoms with van der Waals surface area (Å²) in [6, 6.07) is 19.0. The fourth-order valence-corrected chi connectivity index (χ4v) is 1.93. The molecule has 0 radical (unpaired) electrons. The van der Waals surface area contributed by atoms with Gasteiger partial charge >= 0.3 is 0 Å². The van der Waals surface area contributed by atoms with Crippen LogP contribution in [0.25, 0.3) is 5.57 Å². The van der Waals surface area contributed by atoms with Crippen molar-refractivity contribution in [3.8, 4) is 0 Å². The number of hydrogen-bond donors (Lipinski definition) is 1. The van der Waals surface area contributed by atoms with E-state index in [4.69, 9.17) is 8.00 Å². The zero-order chi connectivity index (χ0) is 14.6. The maximum Gasteiger partial charge on any atom is 0.104 e. The van der Waals surface area contributed by atoms with E-state index in [1.54, 1.807) is 6.92 Å². The lowest BCUT2D eigenvalue weighted by Gasteiger charge is -2.12. The monoisotopic (exact) mass is 242 g/mol. The second kappa shape index (κ2) is 6.15. The Morgan fingerprint density at radius 2 is 1.44 bits per heavy atom. The summed E-state index contributed by atoms with van der Waals surface area (Å²) in [7, 11) is 0. The highest BCUT2D eigenvalue weighted by Crippen LogP contribution is 2.26. The molecular formula is C16H16O2. The van der Waals surface area contributed by atoms with Crippen molar-refractivity contribution in [2.24, 2.45) is 0 Å². The van der Waals surface area contributed by atoms with E-state index in [-0.39, 0.29) is 0 Å². The normalized spacial score (nSPS) is 12.6. The van der Waals surface area contributed by atoms with Crippen molar-refractivity contribution in [2.45, 2.75) is 6.92 Å². The molecule has 0 bridgehead atoms. The molecule has 0 atom stereocenters. The molecule has 0 unspecified atom stereocenters. The Labute approximate surface area is 110 Å². The van der Waals surface area contributed by atoms with Gasteiger partial charge < -0.3 is 0 Å². The third kappa shape index (κ3) is 2.86. The largest absolute Gasteiger partial charge is 0.251 e. The van der Waals surface area contributed by atoms with E-state index in [0.717, 1.165) is 11.1 Å². The van der Waals surface area contributed by atoms with Crippen LogP contribution in [-0.4, -0.2) is 11.8 Å². The Morgan fingerprint density at radius 3 is 1.83 bits per heavy atom. The second-order valence-electron chi connectivity index (χ2n) is 3.93. The van der Waals surface area contributed by atoms with Crippen LogP contribution in [0.2, 0.25) is 0 Å². The first-order chi connectivity index (χ1) is 9.56. The van der Waals surface area contributed by atoms with Gasteiger partial charge in [-0.2, -0.15) is 0 Å². The van der Waals surface area contributed by atoms with E-state index >= 15 is 0 Å². The van der Waals surface area contributed by atoms with Gasteiger partial charge in [0.1, 0.15) is 6.56 Å². The van der Waals surface area contributed by atoms with E-state index in [0.29, 0.717) is 11.1 Å². The Balaban J connectivity index is 2.66. The highest BCUT2D eigenvalue weighted by molar-refractivity contribution is 5.81. The Hall–Kier alpha value is -1.90. The summed E-state index contributed by atoms with van der Waals surface area (Å²) in [6.07, 6.45) is 0. The van der Waals surface area contributed by atoms with Gasteiger partial charge in [0.2, 0.25) is 0 Å². The van der Waals surface area contributed by atoms with Crippen LogP contribution in [0.15, 0.2) is 66.2 Å². The molecule has 2 heteroatoms. The summed E-state index contributed by atoms with van der Waals surface area (Å²) in [5, 5.41) is 8.80. The first-order valence-electron chi connectivity index (χ1n) is 6.71.